The molecule has 0 aliphatic heterocycles. The summed E-state index contributed by atoms with van der Waals surface area (Å²) in [4.78, 5) is 14.4. The number of Topliss-reactive ketones (excluding diaryl/α,β-unsaturated/α-hetero) is 1. The van der Waals surface area contributed by atoms with Crippen molar-refractivity contribution < 1.29 is 4.79 Å². The molecule has 1 saturated carbocycles. The number of hydrogen-bond acceptors (Lipinski definition) is 2. The zero-order valence-corrected chi connectivity index (χ0v) is 9.12. The van der Waals surface area contributed by atoms with Gasteiger partial charge in [-0.25, -0.2) is 0 Å². The molecule has 1 aliphatic carbocycles. The molecule has 1 aliphatic rings. The van der Waals surface area contributed by atoms with E-state index >= 15 is 0 Å². The highest BCUT2D eigenvalue weighted by molar-refractivity contribution is 5.79. The molecule has 1 fully saturated rings. The summed E-state index contributed by atoms with van der Waals surface area (Å²) in [5.74, 6) is 1.01. The standard InChI is InChI=1S/C12H18N2O/c1-13-12(11-3-2-8-14-11)9-4-6-10(15)7-5-9/h2-3,8-9,12-14H,4-7H2,1H3. The molecule has 3 heteroatoms. The Morgan fingerprint density at radius 3 is 2.73 bits per heavy atom. The number of carbonyl (C=O) groups excluding carboxylic acids is 1. The summed E-state index contributed by atoms with van der Waals surface area (Å²) in [6.07, 6.45) is 5.49. The van der Waals surface area contributed by atoms with Gasteiger partial charge in [-0.05, 0) is 37.9 Å². The van der Waals surface area contributed by atoms with Crippen LogP contribution in [0.25, 0.3) is 0 Å². The van der Waals surface area contributed by atoms with Gasteiger partial charge < -0.3 is 10.3 Å². The number of ketones is 1. The molecular formula is C12H18N2O. The summed E-state index contributed by atoms with van der Waals surface area (Å²) < 4.78 is 0. The number of hydrogen-bond donors (Lipinski definition) is 2. The van der Waals surface area contributed by atoms with Crippen molar-refractivity contribution in [1.29, 1.82) is 0 Å². The molecule has 82 valence electrons. The molecule has 1 aromatic rings. The lowest BCUT2D eigenvalue weighted by molar-refractivity contribution is -0.121. The van der Waals surface area contributed by atoms with Gasteiger partial charge in [0.1, 0.15) is 5.78 Å². The van der Waals surface area contributed by atoms with Crippen molar-refractivity contribution in [2.75, 3.05) is 7.05 Å². The Labute approximate surface area is 90.3 Å². The highest BCUT2D eigenvalue weighted by Crippen LogP contribution is 2.32. The van der Waals surface area contributed by atoms with Crippen molar-refractivity contribution in [3.8, 4) is 0 Å². The summed E-state index contributed by atoms with van der Waals surface area (Å²) in [5, 5.41) is 3.35. The molecule has 0 saturated heterocycles. The van der Waals surface area contributed by atoms with Crippen molar-refractivity contribution in [2.45, 2.75) is 31.7 Å². The van der Waals surface area contributed by atoms with Crippen molar-refractivity contribution in [2.24, 2.45) is 5.92 Å². The predicted octanol–water partition coefficient (Wildman–Crippen LogP) is 2.03. The first-order valence-corrected chi connectivity index (χ1v) is 5.63. The van der Waals surface area contributed by atoms with Gasteiger partial charge >= 0.3 is 0 Å². The van der Waals surface area contributed by atoms with Gasteiger partial charge in [-0.15, -0.1) is 0 Å². The fourth-order valence-electron chi connectivity index (χ4n) is 2.48. The zero-order valence-electron chi connectivity index (χ0n) is 9.12. The molecule has 1 heterocycles. The summed E-state index contributed by atoms with van der Waals surface area (Å²) in [5.41, 5.74) is 1.23. The highest BCUT2D eigenvalue weighted by Gasteiger charge is 2.26. The Kier molecular flexibility index (Phi) is 3.21. The minimum Gasteiger partial charge on any atom is -0.364 e. The van der Waals surface area contributed by atoms with Crippen LogP contribution in [0.5, 0.6) is 0 Å². The number of rotatable bonds is 3. The second-order valence-corrected chi connectivity index (χ2v) is 4.27. The van der Waals surface area contributed by atoms with E-state index in [-0.39, 0.29) is 0 Å². The van der Waals surface area contributed by atoms with E-state index in [1.165, 1.54) is 5.69 Å². The SMILES string of the molecule is CNC(c1ccc[nH]1)C1CCC(=O)CC1. The molecule has 3 nitrogen and oxygen atoms in total. The average molecular weight is 206 g/mol. The Morgan fingerprint density at radius 1 is 1.47 bits per heavy atom. The van der Waals surface area contributed by atoms with E-state index in [1.807, 2.05) is 19.3 Å². The maximum absolute atomic E-state index is 11.2. The summed E-state index contributed by atoms with van der Waals surface area (Å²) >= 11 is 0. The molecule has 15 heavy (non-hydrogen) atoms. The third kappa shape index (κ3) is 2.29. The lowest BCUT2D eigenvalue weighted by Gasteiger charge is -2.28. The van der Waals surface area contributed by atoms with Gasteiger partial charge in [-0.1, -0.05) is 0 Å². The third-order valence-electron chi connectivity index (χ3n) is 3.33. The average Bonchev–Trinajstić information content (AvgIpc) is 2.75. The second-order valence-electron chi connectivity index (χ2n) is 4.27. The molecule has 1 unspecified atom stereocenters. The van der Waals surface area contributed by atoms with E-state index in [4.69, 9.17) is 0 Å². The Hall–Kier alpha value is -1.09. The maximum atomic E-state index is 11.2. The monoisotopic (exact) mass is 206 g/mol. The predicted molar refractivity (Wildman–Crippen MR) is 59.6 cm³/mol. The first-order valence-electron chi connectivity index (χ1n) is 5.63. The molecule has 0 amide bonds. The zero-order chi connectivity index (χ0) is 10.7. The van der Waals surface area contributed by atoms with Crippen LogP contribution in [0, 0.1) is 5.92 Å². The minimum absolute atomic E-state index is 0.369. The smallest absolute Gasteiger partial charge is 0.132 e. The Bertz CT molecular complexity index is 308. The van der Waals surface area contributed by atoms with Crippen LogP contribution in [0.4, 0.5) is 0 Å². The second kappa shape index (κ2) is 4.62. The molecular weight excluding hydrogens is 188 g/mol. The van der Waals surface area contributed by atoms with Gasteiger partial charge in [0.15, 0.2) is 0 Å². The lowest BCUT2D eigenvalue weighted by atomic mass is 9.82. The largest absolute Gasteiger partial charge is 0.364 e. The van der Waals surface area contributed by atoms with Crippen LogP contribution in [-0.2, 0) is 4.79 Å². The molecule has 0 aromatic carbocycles. The molecule has 0 spiro atoms. The van der Waals surface area contributed by atoms with Gasteiger partial charge in [0.25, 0.3) is 0 Å². The number of aromatic amines is 1. The van der Waals surface area contributed by atoms with E-state index in [0.717, 1.165) is 25.7 Å². The minimum atomic E-state index is 0.369. The van der Waals surface area contributed by atoms with Crippen LogP contribution in [0.15, 0.2) is 18.3 Å². The van der Waals surface area contributed by atoms with Crippen LogP contribution in [-0.4, -0.2) is 17.8 Å². The van der Waals surface area contributed by atoms with E-state index in [1.54, 1.807) is 0 Å². The van der Waals surface area contributed by atoms with Crippen LogP contribution in [0.3, 0.4) is 0 Å². The van der Waals surface area contributed by atoms with Crippen LogP contribution >= 0.6 is 0 Å². The van der Waals surface area contributed by atoms with Crippen molar-refractivity contribution in [3.63, 3.8) is 0 Å². The number of H-pyrrole nitrogens is 1. The van der Waals surface area contributed by atoms with Gasteiger partial charge in [0, 0.05) is 30.8 Å². The first kappa shape index (κ1) is 10.4. The number of aromatic nitrogens is 1. The van der Waals surface area contributed by atoms with Gasteiger partial charge in [0.2, 0.25) is 0 Å². The fraction of sp³-hybridized carbons (Fsp3) is 0.583. The van der Waals surface area contributed by atoms with E-state index in [2.05, 4.69) is 16.4 Å². The molecule has 2 N–H and O–H groups in total. The quantitative estimate of drug-likeness (QED) is 0.795. The Balaban J connectivity index is 2.04. The summed E-state index contributed by atoms with van der Waals surface area (Å²) in [6.45, 7) is 0. The van der Waals surface area contributed by atoms with Crippen LogP contribution in [0.1, 0.15) is 37.4 Å². The molecule has 0 bridgehead atoms. The van der Waals surface area contributed by atoms with Crippen LogP contribution in [0.2, 0.25) is 0 Å². The van der Waals surface area contributed by atoms with E-state index in [0.29, 0.717) is 17.7 Å². The highest BCUT2D eigenvalue weighted by atomic mass is 16.1. The van der Waals surface area contributed by atoms with Crippen LogP contribution < -0.4 is 5.32 Å². The molecule has 2 rings (SSSR count). The van der Waals surface area contributed by atoms with E-state index in [9.17, 15) is 4.79 Å². The van der Waals surface area contributed by atoms with Crippen molar-refractivity contribution in [3.05, 3.63) is 24.0 Å². The third-order valence-corrected chi connectivity index (χ3v) is 3.33. The van der Waals surface area contributed by atoms with Crippen molar-refractivity contribution in [1.82, 2.24) is 10.3 Å². The van der Waals surface area contributed by atoms with E-state index < -0.39 is 0 Å². The fourth-order valence-corrected chi connectivity index (χ4v) is 2.48. The normalized spacial score (nSPS) is 20.5. The van der Waals surface area contributed by atoms with Gasteiger partial charge in [-0.2, -0.15) is 0 Å². The maximum Gasteiger partial charge on any atom is 0.132 e. The summed E-state index contributed by atoms with van der Waals surface area (Å²) in [7, 11) is 1.99. The molecule has 0 radical (unpaired) electrons. The van der Waals surface area contributed by atoms with Crippen molar-refractivity contribution >= 4 is 5.78 Å². The van der Waals surface area contributed by atoms with Gasteiger partial charge in [0.05, 0.1) is 0 Å². The number of nitrogens with one attached hydrogen (secondary N) is 2. The Morgan fingerprint density at radius 2 is 2.20 bits per heavy atom. The summed E-state index contributed by atoms with van der Waals surface area (Å²) in [6, 6.07) is 4.50. The first-order chi connectivity index (χ1) is 7.31. The molecule has 1 atom stereocenters. The molecule has 1 aromatic heterocycles. The van der Waals surface area contributed by atoms with Gasteiger partial charge in [-0.3, -0.25) is 4.79 Å². The lowest BCUT2D eigenvalue weighted by Crippen LogP contribution is -2.29. The number of carbonyl (C=O) groups is 1. The topological polar surface area (TPSA) is 44.9 Å².